The van der Waals surface area contributed by atoms with Gasteiger partial charge in [-0.05, 0) is 12.8 Å². The van der Waals surface area contributed by atoms with Crippen molar-refractivity contribution in [3.8, 4) is 11.5 Å². The highest BCUT2D eigenvalue weighted by atomic mass is 16.5. The largest absolute Gasteiger partial charge is 0.497 e. The molecule has 2 N–H and O–H groups in total. The second-order valence-corrected chi connectivity index (χ2v) is 5.00. The third kappa shape index (κ3) is 4.05. The third-order valence-electron chi connectivity index (χ3n) is 3.52. The van der Waals surface area contributed by atoms with Gasteiger partial charge in [0.2, 0.25) is 5.91 Å². The van der Waals surface area contributed by atoms with Crippen LogP contribution in [0.15, 0.2) is 18.2 Å². The summed E-state index contributed by atoms with van der Waals surface area (Å²) in [5.74, 6) is 1.42. The summed E-state index contributed by atoms with van der Waals surface area (Å²) in [5.41, 5.74) is 0.808. The van der Waals surface area contributed by atoms with Crippen LogP contribution in [0.3, 0.4) is 0 Å². The van der Waals surface area contributed by atoms with Crippen molar-refractivity contribution in [3.05, 3.63) is 18.2 Å². The average molecular weight is 278 g/mol. The van der Waals surface area contributed by atoms with Gasteiger partial charge < -0.3 is 20.1 Å². The lowest BCUT2D eigenvalue weighted by atomic mass is 10.2. The summed E-state index contributed by atoms with van der Waals surface area (Å²) < 4.78 is 10.4. The normalized spacial score (nSPS) is 14.9. The number of carbonyl (C=O) groups excluding carboxylic acids is 1. The number of rotatable bonds is 6. The van der Waals surface area contributed by atoms with Gasteiger partial charge in [0, 0.05) is 29.9 Å². The standard InChI is InChI=1S/C15H22N2O3/c1-19-13-7-12(8-14(9-13)20-2)16-10-15(18)17-11-5-3-4-6-11/h7-9,11,16H,3-6,10H2,1-2H3,(H,17,18). The fourth-order valence-corrected chi connectivity index (χ4v) is 2.44. The molecule has 2 rings (SSSR count). The van der Waals surface area contributed by atoms with Gasteiger partial charge in [-0.1, -0.05) is 12.8 Å². The molecular weight excluding hydrogens is 256 g/mol. The lowest BCUT2D eigenvalue weighted by Crippen LogP contribution is -2.36. The number of benzene rings is 1. The van der Waals surface area contributed by atoms with E-state index >= 15 is 0 Å². The van der Waals surface area contributed by atoms with Gasteiger partial charge in [-0.2, -0.15) is 0 Å². The highest BCUT2D eigenvalue weighted by Gasteiger charge is 2.16. The molecule has 0 unspecified atom stereocenters. The molecule has 0 radical (unpaired) electrons. The average Bonchev–Trinajstić information content (AvgIpc) is 2.97. The molecule has 1 saturated carbocycles. The van der Waals surface area contributed by atoms with Crippen molar-refractivity contribution < 1.29 is 14.3 Å². The van der Waals surface area contributed by atoms with Crippen LogP contribution in [0.4, 0.5) is 5.69 Å². The van der Waals surface area contributed by atoms with Gasteiger partial charge in [-0.15, -0.1) is 0 Å². The Labute approximate surface area is 119 Å². The van der Waals surface area contributed by atoms with Crippen LogP contribution in [0.2, 0.25) is 0 Å². The van der Waals surface area contributed by atoms with Crippen LogP contribution >= 0.6 is 0 Å². The molecule has 0 atom stereocenters. The van der Waals surface area contributed by atoms with Crippen molar-refractivity contribution in [2.24, 2.45) is 0 Å². The van der Waals surface area contributed by atoms with Gasteiger partial charge >= 0.3 is 0 Å². The molecule has 20 heavy (non-hydrogen) atoms. The van der Waals surface area contributed by atoms with Crippen molar-refractivity contribution >= 4 is 11.6 Å². The number of hydrogen-bond donors (Lipinski definition) is 2. The number of hydrogen-bond acceptors (Lipinski definition) is 4. The maximum absolute atomic E-state index is 11.8. The Morgan fingerprint density at radius 3 is 2.30 bits per heavy atom. The lowest BCUT2D eigenvalue weighted by Gasteiger charge is -2.14. The van der Waals surface area contributed by atoms with E-state index in [1.54, 1.807) is 20.3 Å². The minimum absolute atomic E-state index is 0.0266. The van der Waals surface area contributed by atoms with Gasteiger partial charge in [0.1, 0.15) is 11.5 Å². The summed E-state index contributed by atoms with van der Waals surface area (Å²) in [4.78, 5) is 11.8. The maximum Gasteiger partial charge on any atom is 0.239 e. The van der Waals surface area contributed by atoms with Crippen LogP contribution in [-0.2, 0) is 4.79 Å². The fraction of sp³-hybridized carbons (Fsp3) is 0.533. The van der Waals surface area contributed by atoms with Gasteiger partial charge in [-0.25, -0.2) is 0 Å². The van der Waals surface area contributed by atoms with Crippen LogP contribution < -0.4 is 20.1 Å². The predicted octanol–water partition coefficient (Wildman–Crippen LogP) is 2.17. The van der Waals surface area contributed by atoms with E-state index < -0.39 is 0 Å². The maximum atomic E-state index is 11.8. The van der Waals surface area contributed by atoms with Crippen molar-refractivity contribution in [1.29, 1.82) is 0 Å². The van der Waals surface area contributed by atoms with E-state index in [-0.39, 0.29) is 12.5 Å². The quantitative estimate of drug-likeness (QED) is 0.837. The summed E-state index contributed by atoms with van der Waals surface area (Å²) >= 11 is 0. The van der Waals surface area contributed by atoms with Crippen molar-refractivity contribution in [1.82, 2.24) is 5.32 Å². The predicted molar refractivity (Wildman–Crippen MR) is 78.4 cm³/mol. The highest BCUT2D eigenvalue weighted by molar-refractivity contribution is 5.81. The smallest absolute Gasteiger partial charge is 0.239 e. The monoisotopic (exact) mass is 278 g/mol. The molecule has 110 valence electrons. The van der Waals surface area contributed by atoms with E-state index in [2.05, 4.69) is 10.6 Å². The van der Waals surface area contributed by atoms with E-state index in [4.69, 9.17) is 9.47 Å². The molecule has 1 aliphatic rings. The van der Waals surface area contributed by atoms with Crippen LogP contribution in [0.5, 0.6) is 11.5 Å². The zero-order valence-electron chi connectivity index (χ0n) is 12.1. The van der Waals surface area contributed by atoms with Gasteiger partial charge in [0.15, 0.2) is 0 Å². The summed E-state index contributed by atoms with van der Waals surface area (Å²) in [5, 5.41) is 6.14. The molecule has 1 aromatic rings. The first-order valence-electron chi connectivity index (χ1n) is 6.97. The summed E-state index contributed by atoms with van der Waals surface area (Å²) in [7, 11) is 3.21. The fourth-order valence-electron chi connectivity index (χ4n) is 2.44. The number of nitrogens with one attached hydrogen (secondary N) is 2. The van der Waals surface area contributed by atoms with Crippen molar-refractivity contribution in [2.75, 3.05) is 26.1 Å². The topological polar surface area (TPSA) is 59.6 Å². The molecule has 0 bridgehead atoms. The van der Waals surface area contributed by atoms with Crippen LogP contribution in [0.1, 0.15) is 25.7 Å². The molecule has 1 aliphatic carbocycles. The van der Waals surface area contributed by atoms with E-state index in [9.17, 15) is 4.79 Å². The van der Waals surface area contributed by atoms with Crippen molar-refractivity contribution in [3.63, 3.8) is 0 Å². The zero-order valence-corrected chi connectivity index (χ0v) is 12.1. The van der Waals surface area contributed by atoms with E-state index in [0.717, 1.165) is 18.5 Å². The first-order chi connectivity index (χ1) is 9.71. The zero-order chi connectivity index (χ0) is 14.4. The third-order valence-corrected chi connectivity index (χ3v) is 3.52. The molecule has 0 spiro atoms. The Kier molecular flexibility index (Phi) is 5.09. The van der Waals surface area contributed by atoms with Crippen molar-refractivity contribution in [2.45, 2.75) is 31.7 Å². The summed E-state index contributed by atoms with van der Waals surface area (Å²) in [6, 6.07) is 5.82. The molecule has 0 saturated heterocycles. The van der Waals surface area contributed by atoms with Gasteiger partial charge in [0.25, 0.3) is 0 Å². The first-order valence-corrected chi connectivity index (χ1v) is 6.97. The first kappa shape index (κ1) is 14.5. The molecule has 5 heteroatoms. The molecule has 0 heterocycles. The second kappa shape index (κ2) is 7.03. The van der Waals surface area contributed by atoms with Crippen LogP contribution in [-0.4, -0.2) is 32.7 Å². The van der Waals surface area contributed by atoms with E-state index in [1.807, 2.05) is 12.1 Å². The Hall–Kier alpha value is -1.91. The number of amides is 1. The minimum atomic E-state index is 0.0266. The Bertz CT molecular complexity index is 434. The Balaban J connectivity index is 1.87. The number of ether oxygens (including phenoxy) is 2. The summed E-state index contributed by atoms with van der Waals surface area (Å²) in [6.07, 6.45) is 4.62. The van der Waals surface area contributed by atoms with E-state index in [0.29, 0.717) is 17.5 Å². The van der Waals surface area contributed by atoms with Gasteiger partial charge in [-0.3, -0.25) is 4.79 Å². The molecular formula is C15H22N2O3. The molecule has 0 aliphatic heterocycles. The lowest BCUT2D eigenvalue weighted by molar-refractivity contribution is -0.120. The molecule has 0 aromatic heterocycles. The molecule has 1 fully saturated rings. The Morgan fingerprint density at radius 1 is 1.15 bits per heavy atom. The molecule has 1 aromatic carbocycles. The number of carbonyl (C=O) groups is 1. The Morgan fingerprint density at radius 2 is 1.75 bits per heavy atom. The summed E-state index contributed by atoms with van der Waals surface area (Å²) in [6.45, 7) is 0.257. The number of anilines is 1. The highest BCUT2D eigenvalue weighted by Crippen LogP contribution is 2.25. The number of methoxy groups -OCH3 is 2. The van der Waals surface area contributed by atoms with E-state index in [1.165, 1.54) is 12.8 Å². The van der Waals surface area contributed by atoms with Gasteiger partial charge in [0.05, 0.1) is 20.8 Å². The molecule has 1 amide bonds. The SMILES string of the molecule is COc1cc(NCC(=O)NC2CCCC2)cc(OC)c1. The van der Waals surface area contributed by atoms with Crippen LogP contribution in [0, 0.1) is 0 Å². The minimum Gasteiger partial charge on any atom is -0.497 e. The molecule has 5 nitrogen and oxygen atoms in total. The van der Waals surface area contributed by atoms with Crippen LogP contribution in [0.25, 0.3) is 0 Å². The second-order valence-electron chi connectivity index (χ2n) is 5.00.